The predicted octanol–water partition coefficient (Wildman–Crippen LogP) is 3.33. The molecule has 0 aliphatic rings. The fourth-order valence-corrected chi connectivity index (χ4v) is 2.96. The number of nitrogens with one attached hydrogen (secondary N) is 1. The highest BCUT2D eigenvalue weighted by atomic mass is 32.2. The third-order valence-corrected chi connectivity index (χ3v) is 4.22. The lowest BCUT2D eigenvalue weighted by atomic mass is 10.2. The van der Waals surface area contributed by atoms with Crippen LogP contribution in [0.5, 0.6) is 0 Å². The van der Waals surface area contributed by atoms with Gasteiger partial charge < -0.3 is 10.1 Å². The van der Waals surface area contributed by atoms with Crippen molar-refractivity contribution in [1.82, 2.24) is 5.32 Å². The first kappa shape index (κ1) is 17.1. The topological polar surface area (TPSA) is 38.3 Å². The van der Waals surface area contributed by atoms with Gasteiger partial charge in [-0.3, -0.25) is 4.79 Å². The largest absolute Gasteiger partial charge is 0.465 e. The average Bonchev–Trinajstić information content (AvgIpc) is 2.41. The molecule has 1 N–H and O–H groups in total. The van der Waals surface area contributed by atoms with Crippen molar-refractivity contribution in [3.8, 4) is 0 Å². The number of aryl methyl sites for hydroxylation is 2. The molecule has 0 fully saturated rings. The van der Waals surface area contributed by atoms with Gasteiger partial charge in [-0.2, -0.15) is 0 Å². The summed E-state index contributed by atoms with van der Waals surface area (Å²) in [5, 5.41) is 3.26. The lowest BCUT2D eigenvalue weighted by molar-refractivity contribution is -0.144. The number of rotatable bonds is 8. The second kappa shape index (κ2) is 9.03. The molecule has 1 atom stereocenters. The van der Waals surface area contributed by atoms with E-state index in [1.54, 1.807) is 11.8 Å². The summed E-state index contributed by atoms with van der Waals surface area (Å²) in [7, 11) is 0. The summed E-state index contributed by atoms with van der Waals surface area (Å²) < 4.78 is 5.12. The van der Waals surface area contributed by atoms with E-state index < -0.39 is 0 Å². The Kier molecular flexibility index (Phi) is 7.70. The Labute approximate surface area is 126 Å². The van der Waals surface area contributed by atoms with E-state index in [4.69, 9.17) is 4.74 Å². The molecular weight excluding hydrogens is 270 g/mol. The summed E-state index contributed by atoms with van der Waals surface area (Å²) in [5.41, 5.74) is 2.52. The number of esters is 1. The predicted molar refractivity (Wildman–Crippen MR) is 85.4 cm³/mol. The Morgan fingerprint density at radius 3 is 2.70 bits per heavy atom. The highest BCUT2D eigenvalue weighted by Crippen LogP contribution is 2.24. The fraction of sp³-hybridized carbons (Fsp3) is 0.562. The first-order chi connectivity index (χ1) is 9.58. The van der Waals surface area contributed by atoms with E-state index in [9.17, 15) is 4.79 Å². The van der Waals surface area contributed by atoms with Crippen molar-refractivity contribution in [1.29, 1.82) is 0 Å². The normalized spacial score (nSPS) is 12.2. The molecule has 0 radical (unpaired) electrons. The first-order valence-electron chi connectivity index (χ1n) is 7.18. The van der Waals surface area contributed by atoms with E-state index >= 15 is 0 Å². The number of carbonyl (C=O) groups is 1. The van der Waals surface area contributed by atoms with Crippen LogP contribution >= 0.6 is 11.8 Å². The van der Waals surface area contributed by atoms with Gasteiger partial charge in [0, 0.05) is 10.6 Å². The molecule has 1 aromatic rings. The van der Waals surface area contributed by atoms with E-state index in [1.807, 2.05) is 6.92 Å². The molecule has 20 heavy (non-hydrogen) atoms. The molecule has 1 aromatic carbocycles. The summed E-state index contributed by atoms with van der Waals surface area (Å²) >= 11 is 1.71. The van der Waals surface area contributed by atoms with E-state index in [2.05, 4.69) is 44.3 Å². The number of benzene rings is 1. The maximum atomic E-state index is 11.9. The van der Waals surface area contributed by atoms with Crippen LogP contribution in [0, 0.1) is 13.8 Å². The zero-order valence-corrected chi connectivity index (χ0v) is 13.7. The number of thioether (sulfide) groups is 1. The number of hydrogen-bond donors (Lipinski definition) is 1. The summed E-state index contributed by atoms with van der Waals surface area (Å²) in [6, 6.07) is 6.16. The number of ether oxygens (including phenoxy) is 1. The fourth-order valence-electron chi connectivity index (χ4n) is 1.91. The minimum absolute atomic E-state index is 0.154. The van der Waals surface area contributed by atoms with Crippen molar-refractivity contribution in [3.05, 3.63) is 29.3 Å². The Bertz CT molecular complexity index is 434. The minimum Gasteiger partial charge on any atom is -0.465 e. The summed E-state index contributed by atoms with van der Waals surface area (Å²) in [4.78, 5) is 13.1. The number of hydrogen-bond acceptors (Lipinski definition) is 4. The lowest BCUT2D eigenvalue weighted by Gasteiger charge is -2.17. The lowest BCUT2D eigenvalue weighted by Crippen LogP contribution is -2.40. The van der Waals surface area contributed by atoms with E-state index in [0.717, 1.165) is 13.0 Å². The average molecular weight is 295 g/mol. The molecule has 0 aromatic heterocycles. The van der Waals surface area contributed by atoms with Crippen LogP contribution in [0.25, 0.3) is 0 Å². The quantitative estimate of drug-likeness (QED) is 0.590. The standard InChI is InChI=1S/C16H25NO2S/c1-5-9-17-14(16(18)19-6-2)11-20-15-8-7-12(3)10-13(15)4/h7-8,10,14,17H,5-6,9,11H2,1-4H3. The molecule has 0 aliphatic carbocycles. The molecule has 0 amide bonds. The maximum absolute atomic E-state index is 11.9. The van der Waals surface area contributed by atoms with Crippen LogP contribution in [0.3, 0.4) is 0 Å². The Morgan fingerprint density at radius 1 is 1.35 bits per heavy atom. The van der Waals surface area contributed by atoms with Crippen LogP contribution < -0.4 is 5.32 Å². The van der Waals surface area contributed by atoms with Crippen molar-refractivity contribution in [2.75, 3.05) is 18.9 Å². The molecule has 3 nitrogen and oxygen atoms in total. The van der Waals surface area contributed by atoms with Crippen LogP contribution in [0.4, 0.5) is 0 Å². The van der Waals surface area contributed by atoms with Gasteiger partial charge in [0.15, 0.2) is 0 Å². The Morgan fingerprint density at radius 2 is 2.10 bits per heavy atom. The maximum Gasteiger partial charge on any atom is 0.323 e. The molecule has 0 aliphatic heterocycles. The first-order valence-corrected chi connectivity index (χ1v) is 8.17. The molecule has 0 heterocycles. The molecule has 1 unspecified atom stereocenters. The molecule has 0 saturated heterocycles. The summed E-state index contributed by atoms with van der Waals surface area (Å²) in [5.74, 6) is 0.543. The molecular formula is C16H25NO2S. The third-order valence-electron chi connectivity index (χ3n) is 2.95. The Balaban J connectivity index is 2.62. The second-order valence-corrected chi connectivity index (χ2v) is 5.90. The van der Waals surface area contributed by atoms with Gasteiger partial charge >= 0.3 is 5.97 Å². The zero-order valence-electron chi connectivity index (χ0n) is 12.9. The second-order valence-electron chi connectivity index (χ2n) is 4.84. The molecule has 1 rings (SSSR count). The summed E-state index contributed by atoms with van der Waals surface area (Å²) in [6.45, 7) is 9.38. The van der Waals surface area contributed by atoms with E-state index in [1.165, 1.54) is 16.0 Å². The van der Waals surface area contributed by atoms with Crippen molar-refractivity contribution >= 4 is 17.7 Å². The van der Waals surface area contributed by atoms with Gasteiger partial charge in [-0.15, -0.1) is 11.8 Å². The van der Waals surface area contributed by atoms with Crippen LogP contribution in [-0.2, 0) is 9.53 Å². The molecule has 0 spiro atoms. The van der Waals surface area contributed by atoms with Gasteiger partial charge in [-0.1, -0.05) is 24.6 Å². The van der Waals surface area contributed by atoms with Gasteiger partial charge in [0.25, 0.3) is 0 Å². The van der Waals surface area contributed by atoms with E-state index in [0.29, 0.717) is 12.4 Å². The smallest absolute Gasteiger partial charge is 0.323 e. The number of carbonyl (C=O) groups excluding carboxylic acids is 1. The van der Waals surface area contributed by atoms with Crippen LogP contribution in [-0.4, -0.2) is 30.9 Å². The van der Waals surface area contributed by atoms with Gasteiger partial charge in [0.1, 0.15) is 6.04 Å². The van der Waals surface area contributed by atoms with Gasteiger partial charge in [0.05, 0.1) is 6.61 Å². The van der Waals surface area contributed by atoms with Crippen molar-refractivity contribution in [3.63, 3.8) is 0 Å². The van der Waals surface area contributed by atoms with Gasteiger partial charge in [-0.05, 0) is 45.4 Å². The van der Waals surface area contributed by atoms with Crippen molar-refractivity contribution in [2.45, 2.75) is 45.1 Å². The third kappa shape index (κ3) is 5.55. The monoisotopic (exact) mass is 295 g/mol. The van der Waals surface area contributed by atoms with Crippen LogP contribution in [0.15, 0.2) is 23.1 Å². The van der Waals surface area contributed by atoms with Crippen LogP contribution in [0.2, 0.25) is 0 Å². The van der Waals surface area contributed by atoms with Gasteiger partial charge in [0.2, 0.25) is 0 Å². The molecule has 4 heteroatoms. The Hall–Kier alpha value is -1.00. The minimum atomic E-state index is -0.236. The highest BCUT2D eigenvalue weighted by Gasteiger charge is 2.19. The summed E-state index contributed by atoms with van der Waals surface area (Å²) in [6.07, 6.45) is 1.00. The highest BCUT2D eigenvalue weighted by molar-refractivity contribution is 7.99. The molecule has 0 saturated carbocycles. The zero-order chi connectivity index (χ0) is 15.0. The SMILES string of the molecule is CCCNC(CSc1ccc(C)cc1C)C(=O)OCC. The molecule has 0 bridgehead atoms. The van der Waals surface area contributed by atoms with Crippen molar-refractivity contribution < 1.29 is 9.53 Å². The van der Waals surface area contributed by atoms with E-state index in [-0.39, 0.29) is 12.0 Å². The van der Waals surface area contributed by atoms with Crippen molar-refractivity contribution in [2.24, 2.45) is 0 Å². The van der Waals surface area contributed by atoms with Crippen LogP contribution in [0.1, 0.15) is 31.4 Å². The van der Waals surface area contributed by atoms with Gasteiger partial charge in [-0.25, -0.2) is 0 Å². The molecule has 112 valence electrons.